The van der Waals surface area contributed by atoms with Gasteiger partial charge in [-0.15, -0.1) is 0 Å². The normalized spacial score (nSPS) is 18.2. The van der Waals surface area contributed by atoms with E-state index in [1.807, 2.05) is 81.4 Å². The lowest BCUT2D eigenvalue weighted by Crippen LogP contribution is -2.35. The Labute approximate surface area is 232 Å². The zero-order valence-electron chi connectivity index (χ0n) is 22.7. The van der Waals surface area contributed by atoms with Crippen LogP contribution in [0.5, 0.6) is 0 Å². The average Bonchev–Trinajstić information content (AvgIpc) is 3.42. The number of pyridine rings is 2. The lowest BCUT2D eigenvalue weighted by molar-refractivity contribution is -0.155. The Bertz CT molecular complexity index is 1660. The van der Waals surface area contributed by atoms with Crippen molar-refractivity contribution in [2.24, 2.45) is 0 Å². The number of carbonyl (C=O) groups excluding carboxylic acids is 3. The van der Waals surface area contributed by atoms with Crippen molar-refractivity contribution in [1.82, 2.24) is 15.3 Å². The summed E-state index contributed by atoms with van der Waals surface area (Å²) in [7, 11) is 0. The minimum atomic E-state index is -0.673. The molecular weight excluding hydrogens is 504 g/mol. The number of amides is 2. The highest BCUT2D eigenvalue weighted by Crippen LogP contribution is 2.47. The largest absolute Gasteiger partial charge is 0.460 e. The number of esters is 1. The molecule has 2 aromatic carbocycles. The first-order chi connectivity index (χ1) is 19.1. The molecule has 202 valence electrons. The second kappa shape index (κ2) is 9.55. The van der Waals surface area contributed by atoms with Gasteiger partial charge < -0.3 is 15.4 Å². The fourth-order valence-electron chi connectivity index (χ4n) is 5.75. The molecule has 2 N–H and O–H groups in total. The van der Waals surface area contributed by atoms with E-state index >= 15 is 0 Å². The Morgan fingerprint density at radius 1 is 1.02 bits per heavy atom. The number of carbonyl (C=O) groups is 3. The van der Waals surface area contributed by atoms with Crippen molar-refractivity contribution >= 4 is 34.5 Å². The molecule has 0 bridgehead atoms. The predicted molar refractivity (Wildman–Crippen MR) is 151 cm³/mol. The van der Waals surface area contributed by atoms with Gasteiger partial charge in [0.1, 0.15) is 11.4 Å². The van der Waals surface area contributed by atoms with E-state index in [0.29, 0.717) is 24.2 Å². The van der Waals surface area contributed by atoms with E-state index in [4.69, 9.17) is 4.74 Å². The molecule has 1 aliphatic heterocycles. The number of hydrogen-bond donors (Lipinski definition) is 2. The van der Waals surface area contributed by atoms with Gasteiger partial charge >= 0.3 is 5.97 Å². The molecule has 0 radical (unpaired) electrons. The number of hydrogen-bond acceptors (Lipinski definition) is 6. The van der Waals surface area contributed by atoms with Crippen LogP contribution in [0.3, 0.4) is 0 Å². The summed E-state index contributed by atoms with van der Waals surface area (Å²) in [4.78, 5) is 48.0. The number of nitrogens with one attached hydrogen (secondary N) is 2. The Kier molecular flexibility index (Phi) is 6.13. The van der Waals surface area contributed by atoms with Crippen LogP contribution in [0, 0.1) is 0 Å². The van der Waals surface area contributed by atoms with Gasteiger partial charge in [0.2, 0.25) is 5.91 Å². The minimum Gasteiger partial charge on any atom is -0.460 e. The molecular formula is C32H30N4O4. The van der Waals surface area contributed by atoms with Gasteiger partial charge in [-0.05, 0) is 74.6 Å². The molecule has 2 atom stereocenters. The van der Waals surface area contributed by atoms with Gasteiger partial charge in [-0.3, -0.25) is 19.4 Å². The summed E-state index contributed by atoms with van der Waals surface area (Å²) in [5.41, 5.74) is 3.71. The number of ether oxygens (including phenoxy) is 1. The van der Waals surface area contributed by atoms with Gasteiger partial charge in [-0.1, -0.05) is 36.4 Å². The van der Waals surface area contributed by atoms with Crippen LogP contribution >= 0.6 is 0 Å². The Hall–Kier alpha value is -4.59. The third kappa shape index (κ3) is 4.70. The molecule has 6 rings (SSSR count). The molecule has 40 heavy (non-hydrogen) atoms. The summed E-state index contributed by atoms with van der Waals surface area (Å²) in [6, 6.07) is 18.5. The van der Waals surface area contributed by atoms with Gasteiger partial charge in [0, 0.05) is 23.3 Å². The maximum absolute atomic E-state index is 13.4. The smallest absolute Gasteiger partial charge is 0.308 e. The maximum Gasteiger partial charge on any atom is 0.308 e. The van der Waals surface area contributed by atoms with Gasteiger partial charge in [-0.25, -0.2) is 4.98 Å². The van der Waals surface area contributed by atoms with Gasteiger partial charge in [-0.2, -0.15) is 0 Å². The van der Waals surface area contributed by atoms with Gasteiger partial charge in [0.05, 0.1) is 29.0 Å². The molecule has 1 aliphatic carbocycles. The quantitative estimate of drug-likeness (QED) is 0.355. The van der Waals surface area contributed by atoms with Crippen LogP contribution in [0.1, 0.15) is 65.8 Å². The molecule has 3 heterocycles. The first-order valence-corrected chi connectivity index (χ1v) is 13.4. The molecule has 1 unspecified atom stereocenters. The first kappa shape index (κ1) is 25.7. The predicted octanol–water partition coefficient (Wildman–Crippen LogP) is 4.82. The van der Waals surface area contributed by atoms with Crippen LogP contribution in [0.2, 0.25) is 0 Å². The summed E-state index contributed by atoms with van der Waals surface area (Å²) < 4.78 is 5.51. The molecule has 0 saturated carbocycles. The van der Waals surface area contributed by atoms with E-state index < -0.39 is 23.0 Å². The zero-order valence-corrected chi connectivity index (χ0v) is 22.7. The lowest BCUT2D eigenvalue weighted by Gasteiger charge is -2.23. The van der Waals surface area contributed by atoms with Crippen molar-refractivity contribution in [1.29, 1.82) is 0 Å². The second-order valence-corrected chi connectivity index (χ2v) is 11.6. The van der Waals surface area contributed by atoms with E-state index in [9.17, 15) is 14.4 Å². The van der Waals surface area contributed by atoms with Crippen molar-refractivity contribution < 1.29 is 19.1 Å². The fourth-order valence-corrected chi connectivity index (χ4v) is 5.75. The second-order valence-electron chi connectivity index (χ2n) is 11.6. The van der Waals surface area contributed by atoms with E-state index in [1.165, 1.54) is 0 Å². The number of aromatic nitrogens is 2. The minimum absolute atomic E-state index is 0.00200. The van der Waals surface area contributed by atoms with E-state index in [1.54, 1.807) is 12.4 Å². The van der Waals surface area contributed by atoms with Crippen LogP contribution in [0.25, 0.3) is 10.9 Å². The van der Waals surface area contributed by atoms with Gasteiger partial charge in [0.15, 0.2) is 0 Å². The Morgan fingerprint density at radius 3 is 2.52 bits per heavy atom. The van der Waals surface area contributed by atoms with Crippen LogP contribution < -0.4 is 10.6 Å². The van der Waals surface area contributed by atoms with Crippen molar-refractivity contribution in [2.75, 3.05) is 5.32 Å². The van der Waals surface area contributed by atoms with Crippen molar-refractivity contribution in [3.63, 3.8) is 0 Å². The molecule has 2 aliphatic rings. The number of fused-ring (bicyclic) bond motifs is 4. The topological polar surface area (TPSA) is 110 Å². The molecule has 8 nitrogen and oxygen atoms in total. The highest BCUT2D eigenvalue weighted by Gasteiger charge is 2.51. The van der Waals surface area contributed by atoms with Crippen molar-refractivity contribution in [3.8, 4) is 0 Å². The lowest BCUT2D eigenvalue weighted by atomic mass is 9.79. The highest BCUT2D eigenvalue weighted by atomic mass is 16.6. The standard InChI is InChI=1S/C32H30N4O4/c1-31(2,3)40-27(37)15-26(19-8-5-4-6-9-19)35-29(38)23-13-20-12-21-16-32(17-22(21)14-25(20)34-18-23)24-10-7-11-33-28(24)36-30(32)39/h4-14,18,26H,15-17H2,1-3H3,(H,35,38)(H,33,36,39)/t26?,32-/m0/s1. The van der Waals surface area contributed by atoms with Crippen LogP contribution in [-0.4, -0.2) is 33.4 Å². The van der Waals surface area contributed by atoms with Crippen LogP contribution in [0.15, 0.2) is 73.1 Å². The Balaban J connectivity index is 1.26. The first-order valence-electron chi connectivity index (χ1n) is 13.4. The van der Waals surface area contributed by atoms with Crippen LogP contribution in [0.4, 0.5) is 5.82 Å². The van der Waals surface area contributed by atoms with Crippen molar-refractivity contribution in [3.05, 3.63) is 101 Å². The summed E-state index contributed by atoms with van der Waals surface area (Å²) in [6.07, 6.45) is 4.37. The number of anilines is 1. The summed E-state index contributed by atoms with van der Waals surface area (Å²) >= 11 is 0. The van der Waals surface area contributed by atoms with E-state index in [2.05, 4.69) is 20.6 Å². The van der Waals surface area contributed by atoms with Crippen LogP contribution in [-0.2, 0) is 32.6 Å². The average molecular weight is 535 g/mol. The Morgan fingerprint density at radius 2 is 1.77 bits per heavy atom. The molecule has 2 aromatic heterocycles. The fraction of sp³-hybridized carbons (Fsp3) is 0.281. The monoisotopic (exact) mass is 534 g/mol. The third-order valence-corrected chi connectivity index (χ3v) is 7.54. The summed E-state index contributed by atoms with van der Waals surface area (Å²) in [5, 5.41) is 6.75. The zero-order chi connectivity index (χ0) is 28.1. The van der Waals surface area contributed by atoms with E-state index in [-0.39, 0.29) is 18.2 Å². The summed E-state index contributed by atoms with van der Waals surface area (Å²) in [6.45, 7) is 5.44. The molecule has 0 saturated heterocycles. The molecule has 8 heteroatoms. The van der Waals surface area contributed by atoms with Crippen molar-refractivity contribution in [2.45, 2.75) is 57.1 Å². The number of benzene rings is 2. The molecule has 4 aromatic rings. The van der Waals surface area contributed by atoms with Gasteiger partial charge in [0.25, 0.3) is 5.91 Å². The molecule has 1 spiro atoms. The summed E-state index contributed by atoms with van der Waals surface area (Å²) in [5.74, 6) is -0.137. The highest BCUT2D eigenvalue weighted by molar-refractivity contribution is 6.06. The number of nitrogens with zero attached hydrogens (tertiary/aromatic N) is 2. The van der Waals surface area contributed by atoms with E-state index in [0.717, 1.165) is 33.2 Å². The molecule has 2 amide bonds. The molecule has 0 fully saturated rings. The third-order valence-electron chi connectivity index (χ3n) is 7.54. The number of rotatable bonds is 5. The SMILES string of the molecule is CC(C)(C)OC(=O)CC(NC(=O)c1cnc2cc3c(cc2c1)C[C@@]1(C3)C(=O)Nc2ncccc21)c1ccccc1. The maximum atomic E-state index is 13.4.